The second-order valence-corrected chi connectivity index (χ2v) is 7.32. The van der Waals surface area contributed by atoms with E-state index in [1.54, 1.807) is 0 Å². The van der Waals surface area contributed by atoms with Gasteiger partial charge >= 0.3 is 0 Å². The summed E-state index contributed by atoms with van der Waals surface area (Å²) in [5, 5.41) is 14.0. The van der Waals surface area contributed by atoms with E-state index in [0.29, 0.717) is 6.04 Å². The lowest BCUT2D eigenvalue weighted by molar-refractivity contribution is 0.474. The molecule has 0 bridgehead atoms. The van der Waals surface area contributed by atoms with Gasteiger partial charge in [0.05, 0.1) is 11.6 Å². The normalized spacial score (nSPS) is 16.9. The summed E-state index contributed by atoms with van der Waals surface area (Å²) in [6.45, 7) is 1.07. The van der Waals surface area contributed by atoms with E-state index in [-0.39, 0.29) is 0 Å². The first-order valence-corrected chi connectivity index (χ1v) is 9.81. The van der Waals surface area contributed by atoms with Crippen molar-refractivity contribution in [3.8, 4) is 6.07 Å². The van der Waals surface area contributed by atoms with Gasteiger partial charge in [0.15, 0.2) is 0 Å². The van der Waals surface area contributed by atoms with Crippen molar-refractivity contribution in [3.05, 3.63) is 77.5 Å². The Kier molecular flexibility index (Phi) is 5.37. The van der Waals surface area contributed by atoms with Crippen molar-refractivity contribution in [1.29, 1.82) is 5.26 Å². The lowest BCUT2D eigenvalue weighted by atomic mass is 9.90. The fourth-order valence-corrected chi connectivity index (χ4v) is 3.96. The summed E-state index contributed by atoms with van der Waals surface area (Å²) in [7, 11) is 0. The van der Waals surface area contributed by atoms with E-state index in [1.165, 1.54) is 29.5 Å². The number of fused-ring (bicyclic) bond motifs is 1. The molecule has 3 heteroatoms. The molecule has 1 heterocycles. The van der Waals surface area contributed by atoms with Crippen LogP contribution in [0.2, 0.25) is 0 Å². The molecule has 1 unspecified atom stereocenters. The average molecular weight is 355 g/mol. The lowest BCUT2D eigenvalue weighted by Gasteiger charge is -2.23. The molecule has 2 aromatic carbocycles. The van der Waals surface area contributed by atoms with Crippen LogP contribution in [0.15, 0.2) is 60.8 Å². The van der Waals surface area contributed by atoms with Crippen molar-refractivity contribution in [2.24, 2.45) is 0 Å². The molecule has 27 heavy (non-hydrogen) atoms. The van der Waals surface area contributed by atoms with E-state index in [9.17, 15) is 0 Å². The Bertz CT molecular complexity index is 976. The molecule has 0 spiro atoms. The molecule has 0 aliphatic heterocycles. The Balaban J connectivity index is 1.33. The minimum Gasteiger partial charge on any atom is -0.361 e. The highest BCUT2D eigenvalue weighted by molar-refractivity contribution is 5.93. The highest BCUT2D eigenvalue weighted by Crippen LogP contribution is 2.32. The SMILES string of the molecule is N#Cc1ccc2[nH]cc(C3=CCC(NCCCc4ccccc4)CC3)c2c1. The standard InChI is InChI=1S/C24H25N3/c25-16-19-8-13-24-22(15-19)23(17-27-24)20-9-11-21(12-10-20)26-14-4-7-18-5-2-1-3-6-18/h1-3,5-6,8-9,13,15,17,21,26-27H,4,7,10-12,14H2. The van der Waals surface area contributed by atoms with E-state index in [1.807, 2.05) is 18.2 Å². The number of aromatic nitrogens is 1. The van der Waals surface area contributed by atoms with Gasteiger partial charge in [-0.25, -0.2) is 0 Å². The highest BCUT2D eigenvalue weighted by atomic mass is 14.9. The van der Waals surface area contributed by atoms with E-state index in [4.69, 9.17) is 5.26 Å². The Morgan fingerprint density at radius 3 is 2.81 bits per heavy atom. The number of nitriles is 1. The predicted octanol–water partition coefficient (Wildman–Crippen LogP) is 5.20. The third-order valence-electron chi connectivity index (χ3n) is 5.49. The van der Waals surface area contributed by atoms with Crippen molar-refractivity contribution >= 4 is 16.5 Å². The summed E-state index contributed by atoms with van der Waals surface area (Å²) in [6, 6.07) is 19.4. The molecule has 3 nitrogen and oxygen atoms in total. The van der Waals surface area contributed by atoms with Crippen LogP contribution in [0.1, 0.15) is 42.4 Å². The lowest BCUT2D eigenvalue weighted by Crippen LogP contribution is -2.31. The van der Waals surface area contributed by atoms with Gasteiger partial charge in [-0.15, -0.1) is 0 Å². The van der Waals surface area contributed by atoms with Gasteiger partial charge in [-0.05, 0) is 68.0 Å². The molecule has 1 aliphatic rings. The summed E-state index contributed by atoms with van der Waals surface area (Å²) in [5.41, 5.74) is 5.90. The molecule has 0 radical (unpaired) electrons. The van der Waals surface area contributed by atoms with Crippen LogP contribution in [0.25, 0.3) is 16.5 Å². The molecule has 0 fully saturated rings. The van der Waals surface area contributed by atoms with Crippen molar-refractivity contribution < 1.29 is 0 Å². The molecule has 0 amide bonds. The molecule has 0 saturated carbocycles. The van der Waals surface area contributed by atoms with E-state index < -0.39 is 0 Å². The first-order valence-electron chi connectivity index (χ1n) is 9.81. The van der Waals surface area contributed by atoms with Gasteiger partial charge in [0.1, 0.15) is 0 Å². The Hall–Kier alpha value is -2.83. The second kappa shape index (κ2) is 8.24. The Labute approximate surface area is 160 Å². The van der Waals surface area contributed by atoms with Gasteiger partial charge in [-0.1, -0.05) is 36.4 Å². The highest BCUT2D eigenvalue weighted by Gasteiger charge is 2.17. The maximum Gasteiger partial charge on any atom is 0.0991 e. The Morgan fingerprint density at radius 1 is 1.15 bits per heavy atom. The molecule has 1 aromatic heterocycles. The molecule has 1 atom stereocenters. The topological polar surface area (TPSA) is 51.6 Å². The number of benzene rings is 2. The minimum absolute atomic E-state index is 0.574. The summed E-state index contributed by atoms with van der Waals surface area (Å²) >= 11 is 0. The first kappa shape index (κ1) is 17.6. The quantitative estimate of drug-likeness (QED) is 0.597. The number of aromatic amines is 1. The maximum absolute atomic E-state index is 9.16. The van der Waals surface area contributed by atoms with Crippen LogP contribution < -0.4 is 5.32 Å². The van der Waals surface area contributed by atoms with Crippen molar-refractivity contribution in [1.82, 2.24) is 10.3 Å². The van der Waals surface area contributed by atoms with E-state index in [0.717, 1.165) is 42.3 Å². The van der Waals surface area contributed by atoms with Crippen LogP contribution in [-0.2, 0) is 6.42 Å². The minimum atomic E-state index is 0.574. The third kappa shape index (κ3) is 4.13. The molecule has 4 rings (SSSR count). The zero-order valence-electron chi connectivity index (χ0n) is 15.5. The van der Waals surface area contributed by atoms with Crippen LogP contribution in [0, 0.1) is 11.3 Å². The molecule has 3 aromatic rings. The summed E-state index contributed by atoms with van der Waals surface area (Å²) in [4.78, 5) is 3.34. The number of hydrogen-bond donors (Lipinski definition) is 2. The van der Waals surface area contributed by atoms with Crippen molar-refractivity contribution in [2.45, 2.75) is 38.1 Å². The predicted molar refractivity (Wildman–Crippen MR) is 111 cm³/mol. The average Bonchev–Trinajstić information content (AvgIpc) is 3.15. The summed E-state index contributed by atoms with van der Waals surface area (Å²) in [6.07, 6.45) is 10.1. The largest absolute Gasteiger partial charge is 0.361 e. The zero-order valence-corrected chi connectivity index (χ0v) is 15.5. The number of allylic oxidation sites excluding steroid dienone is 1. The van der Waals surface area contributed by atoms with Crippen LogP contribution in [0.5, 0.6) is 0 Å². The number of hydrogen-bond acceptors (Lipinski definition) is 2. The fraction of sp³-hybridized carbons (Fsp3) is 0.292. The van der Waals surface area contributed by atoms with E-state index >= 15 is 0 Å². The smallest absolute Gasteiger partial charge is 0.0991 e. The van der Waals surface area contributed by atoms with Gasteiger partial charge in [-0.2, -0.15) is 5.26 Å². The maximum atomic E-state index is 9.16. The zero-order chi connectivity index (χ0) is 18.5. The number of rotatable bonds is 6. The second-order valence-electron chi connectivity index (χ2n) is 7.32. The van der Waals surface area contributed by atoms with Gasteiger partial charge in [-0.3, -0.25) is 0 Å². The van der Waals surface area contributed by atoms with Crippen LogP contribution in [0.4, 0.5) is 0 Å². The van der Waals surface area contributed by atoms with Gasteiger partial charge in [0, 0.05) is 28.7 Å². The van der Waals surface area contributed by atoms with Crippen LogP contribution >= 0.6 is 0 Å². The Morgan fingerprint density at radius 2 is 2.04 bits per heavy atom. The summed E-state index contributed by atoms with van der Waals surface area (Å²) in [5.74, 6) is 0. The number of H-pyrrole nitrogens is 1. The first-order chi connectivity index (χ1) is 13.3. The summed E-state index contributed by atoms with van der Waals surface area (Å²) < 4.78 is 0. The van der Waals surface area contributed by atoms with Gasteiger partial charge in [0.2, 0.25) is 0 Å². The number of aryl methyl sites for hydroxylation is 1. The molecule has 136 valence electrons. The molecule has 2 N–H and O–H groups in total. The molecular weight excluding hydrogens is 330 g/mol. The van der Waals surface area contributed by atoms with Crippen LogP contribution in [0.3, 0.4) is 0 Å². The molecule has 1 aliphatic carbocycles. The van der Waals surface area contributed by atoms with Gasteiger partial charge in [0.25, 0.3) is 0 Å². The van der Waals surface area contributed by atoms with Gasteiger partial charge < -0.3 is 10.3 Å². The number of nitrogens with zero attached hydrogens (tertiary/aromatic N) is 1. The van der Waals surface area contributed by atoms with Crippen molar-refractivity contribution in [3.63, 3.8) is 0 Å². The molecule has 0 saturated heterocycles. The van der Waals surface area contributed by atoms with Crippen LogP contribution in [-0.4, -0.2) is 17.6 Å². The monoisotopic (exact) mass is 355 g/mol. The third-order valence-corrected chi connectivity index (χ3v) is 5.49. The van der Waals surface area contributed by atoms with E-state index in [2.05, 4.69) is 59.0 Å². The fourth-order valence-electron chi connectivity index (χ4n) is 3.96. The molecular formula is C24H25N3. The van der Waals surface area contributed by atoms with Crippen molar-refractivity contribution in [2.75, 3.05) is 6.54 Å². The number of nitrogens with one attached hydrogen (secondary N) is 2.